The molecule has 0 bridgehead atoms. The van der Waals surface area contributed by atoms with Crippen LogP contribution in [0.2, 0.25) is 0 Å². The summed E-state index contributed by atoms with van der Waals surface area (Å²) in [5, 5.41) is 12.0. The zero-order valence-electron chi connectivity index (χ0n) is 10.2. The Morgan fingerprint density at radius 1 is 1.62 bits per heavy atom. The van der Waals surface area contributed by atoms with E-state index in [0.717, 1.165) is 19.4 Å². The van der Waals surface area contributed by atoms with Gasteiger partial charge in [-0.25, -0.2) is 0 Å². The fraction of sp³-hybridized carbons (Fsp3) is 0.917. The molecule has 0 spiro atoms. The van der Waals surface area contributed by atoms with E-state index in [9.17, 15) is 4.79 Å². The standard InChI is InChI=1S/C12H23NO3/c1-3-11-10(6-7-16-11)8-13-12(15)5-4-9(2)14/h9-11,14H,3-8H2,1-2H3,(H,13,15). The Balaban J connectivity index is 2.16. The lowest BCUT2D eigenvalue weighted by Crippen LogP contribution is -2.32. The Hall–Kier alpha value is -0.610. The Labute approximate surface area is 97.4 Å². The van der Waals surface area contributed by atoms with Crippen molar-refractivity contribution < 1.29 is 14.6 Å². The Morgan fingerprint density at radius 3 is 3.00 bits per heavy atom. The van der Waals surface area contributed by atoms with Gasteiger partial charge >= 0.3 is 0 Å². The zero-order valence-corrected chi connectivity index (χ0v) is 10.2. The van der Waals surface area contributed by atoms with Crippen molar-refractivity contribution in [3.63, 3.8) is 0 Å². The molecule has 0 aromatic rings. The van der Waals surface area contributed by atoms with E-state index in [1.165, 1.54) is 0 Å². The van der Waals surface area contributed by atoms with E-state index in [0.29, 0.717) is 31.4 Å². The van der Waals surface area contributed by atoms with Crippen molar-refractivity contribution in [2.75, 3.05) is 13.2 Å². The molecule has 0 saturated carbocycles. The van der Waals surface area contributed by atoms with Crippen molar-refractivity contribution >= 4 is 5.91 Å². The van der Waals surface area contributed by atoms with Gasteiger partial charge in [-0.15, -0.1) is 0 Å². The average molecular weight is 229 g/mol. The summed E-state index contributed by atoms with van der Waals surface area (Å²) >= 11 is 0. The average Bonchev–Trinajstić information content (AvgIpc) is 2.70. The van der Waals surface area contributed by atoms with Crippen molar-refractivity contribution in [1.29, 1.82) is 0 Å². The molecular formula is C12H23NO3. The monoisotopic (exact) mass is 229 g/mol. The smallest absolute Gasteiger partial charge is 0.220 e. The van der Waals surface area contributed by atoms with Gasteiger partial charge in [0.05, 0.1) is 12.2 Å². The van der Waals surface area contributed by atoms with E-state index in [1.807, 2.05) is 0 Å². The number of hydrogen-bond donors (Lipinski definition) is 2. The number of aliphatic hydroxyl groups is 1. The van der Waals surface area contributed by atoms with Crippen LogP contribution in [-0.2, 0) is 9.53 Å². The van der Waals surface area contributed by atoms with Gasteiger partial charge in [-0.1, -0.05) is 6.92 Å². The van der Waals surface area contributed by atoms with E-state index in [4.69, 9.17) is 9.84 Å². The van der Waals surface area contributed by atoms with E-state index >= 15 is 0 Å². The van der Waals surface area contributed by atoms with E-state index in [1.54, 1.807) is 6.92 Å². The predicted octanol–water partition coefficient (Wildman–Crippen LogP) is 1.08. The van der Waals surface area contributed by atoms with Crippen LogP contribution in [0.15, 0.2) is 0 Å². The Morgan fingerprint density at radius 2 is 2.38 bits per heavy atom. The first-order valence-corrected chi connectivity index (χ1v) is 6.19. The van der Waals surface area contributed by atoms with Crippen molar-refractivity contribution in [2.24, 2.45) is 5.92 Å². The number of carbonyl (C=O) groups is 1. The van der Waals surface area contributed by atoms with Gasteiger partial charge in [0.1, 0.15) is 0 Å². The molecule has 2 N–H and O–H groups in total. The number of hydrogen-bond acceptors (Lipinski definition) is 3. The lowest BCUT2D eigenvalue weighted by molar-refractivity contribution is -0.121. The van der Waals surface area contributed by atoms with E-state index in [2.05, 4.69) is 12.2 Å². The fourth-order valence-electron chi connectivity index (χ4n) is 2.05. The minimum Gasteiger partial charge on any atom is -0.393 e. The number of nitrogens with one attached hydrogen (secondary N) is 1. The summed E-state index contributed by atoms with van der Waals surface area (Å²) in [7, 11) is 0. The molecule has 1 fully saturated rings. The predicted molar refractivity (Wildman–Crippen MR) is 62.1 cm³/mol. The molecular weight excluding hydrogens is 206 g/mol. The van der Waals surface area contributed by atoms with Crippen LogP contribution in [0, 0.1) is 5.92 Å². The van der Waals surface area contributed by atoms with Gasteiger partial charge in [-0.05, 0) is 26.2 Å². The zero-order chi connectivity index (χ0) is 12.0. The molecule has 1 rings (SSSR count). The van der Waals surface area contributed by atoms with Crippen LogP contribution in [0.25, 0.3) is 0 Å². The van der Waals surface area contributed by atoms with Crippen molar-refractivity contribution in [3.05, 3.63) is 0 Å². The number of carbonyl (C=O) groups excluding carboxylic acids is 1. The second-order valence-corrected chi connectivity index (χ2v) is 4.56. The van der Waals surface area contributed by atoms with Gasteiger partial charge < -0.3 is 15.2 Å². The summed E-state index contributed by atoms with van der Waals surface area (Å²) < 4.78 is 5.55. The molecule has 0 aliphatic carbocycles. The first-order chi connectivity index (χ1) is 7.63. The number of ether oxygens (including phenoxy) is 1. The highest BCUT2D eigenvalue weighted by Gasteiger charge is 2.26. The summed E-state index contributed by atoms with van der Waals surface area (Å²) in [6.45, 7) is 5.33. The summed E-state index contributed by atoms with van der Waals surface area (Å²) in [6.07, 6.45) is 2.89. The Kier molecular flexibility index (Phi) is 5.77. The first kappa shape index (κ1) is 13.5. The highest BCUT2D eigenvalue weighted by Crippen LogP contribution is 2.22. The summed E-state index contributed by atoms with van der Waals surface area (Å²) in [5.74, 6) is 0.489. The van der Waals surface area contributed by atoms with Crippen LogP contribution in [-0.4, -0.2) is 36.4 Å². The van der Waals surface area contributed by atoms with Crippen molar-refractivity contribution in [3.8, 4) is 0 Å². The first-order valence-electron chi connectivity index (χ1n) is 6.19. The van der Waals surface area contributed by atoms with Crippen LogP contribution < -0.4 is 5.32 Å². The van der Waals surface area contributed by atoms with E-state index < -0.39 is 6.10 Å². The van der Waals surface area contributed by atoms with Gasteiger partial charge in [0.15, 0.2) is 0 Å². The third kappa shape index (κ3) is 4.49. The molecule has 3 unspecified atom stereocenters. The lowest BCUT2D eigenvalue weighted by Gasteiger charge is -2.17. The van der Waals surface area contributed by atoms with Crippen LogP contribution in [0.4, 0.5) is 0 Å². The van der Waals surface area contributed by atoms with Crippen LogP contribution in [0.3, 0.4) is 0 Å². The summed E-state index contributed by atoms with van der Waals surface area (Å²) in [4.78, 5) is 11.4. The molecule has 16 heavy (non-hydrogen) atoms. The van der Waals surface area contributed by atoms with Crippen LogP contribution >= 0.6 is 0 Å². The maximum atomic E-state index is 11.4. The Bertz CT molecular complexity index is 218. The van der Waals surface area contributed by atoms with E-state index in [-0.39, 0.29) is 5.91 Å². The number of amides is 1. The van der Waals surface area contributed by atoms with Gasteiger partial charge in [-0.2, -0.15) is 0 Å². The fourth-order valence-corrected chi connectivity index (χ4v) is 2.05. The largest absolute Gasteiger partial charge is 0.393 e. The molecule has 1 aliphatic rings. The number of aliphatic hydroxyl groups excluding tert-OH is 1. The molecule has 4 nitrogen and oxygen atoms in total. The van der Waals surface area contributed by atoms with Gasteiger partial charge in [0.2, 0.25) is 5.91 Å². The summed E-state index contributed by atoms with van der Waals surface area (Å²) in [6, 6.07) is 0. The molecule has 0 radical (unpaired) electrons. The maximum absolute atomic E-state index is 11.4. The second-order valence-electron chi connectivity index (χ2n) is 4.56. The minimum absolute atomic E-state index is 0.0302. The molecule has 3 atom stereocenters. The van der Waals surface area contributed by atoms with Gasteiger partial charge in [-0.3, -0.25) is 4.79 Å². The minimum atomic E-state index is -0.399. The van der Waals surface area contributed by atoms with Crippen molar-refractivity contribution in [2.45, 2.75) is 51.7 Å². The molecule has 1 heterocycles. The molecule has 94 valence electrons. The highest BCUT2D eigenvalue weighted by atomic mass is 16.5. The van der Waals surface area contributed by atoms with Crippen LogP contribution in [0.1, 0.15) is 39.5 Å². The van der Waals surface area contributed by atoms with Gasteiger partial charge in [0, 0.05) is 25.5 Å². The SMILES string of the molecule is CCC1OCCC1CNC(=O)CCC(C)O. The molecule has 1 aliphatic heterocycles. The van der Waals surface area contributed by atoms with Crippen molar-refractivity contribution in [1.82, 2.24) is 5.32 Å². The topological polar surface area (TPSA) is 58.6 Å². The maximum Gasteiger partial charge on any atom is 0.220 e. The lowest BCUT2D eigenvalue weighted by atomic mass is 9.99. The number of rotatable bonds is 6. The molecule has 4 heteroatoms. The third-order valence-electron chi connectivity index (χ3n) is 3.10. The molecule has 1 amide bonds. The molecule has 0 aromatic heterocycles. The highest BCUT2D eigenvalue weighted by molar-refractivity contribution is 5.75. The second kappa shape index (κ2) is 6.86. The normalized spacial score (nSPS) is 26.7. The molecule has 1 saturated heterocycles. The van der Waals surface area contributed by atoms with Gasteiger partial charge in [0.25, 0.3) is 0 Å². The summed E-state index contributed by atoms with van der Waals surface area (Å²) in [5.41, 5.74) is 0. The third-order valence-corrected chi connectivity index (χ3v) is 3.10. The quantitative estimate of drug-likeness (QED) is 0.716. The molecule has 0 aromatic carbocycles. The van der Waals surface area contributed by atoms with Crippen LogP contribution in [0.5, 0.6) is 0 Å².